The Bertz CT molecular complexity index is 799. The molecule has 23 heavy (non-hydrogen) atoms. The van der Waals surface area contributed by atoms with E-state index in [-0.39, 0.29) is 6.04 Å². The van der Waals surface area contributed by atoms with Crippen molar-refractivity contribution in [1.29, 1.82) is 0 Å². The quantitative estimate of drug-likeness (QED) is 0.929. The number of aromatic nitrogens is 1. The van der Waals surface area contributed by atoms with Gasteiger partial charge < -0.3 is 0 Å². The number of nitrogens with zero attached hydrogens (tertiary/aromatic N) is 1. The van der Waals surface area contributed by atoms with Gasteiger partial charge in [-0.25, -0.2) is 13.1 Å². The van der Waals surface area contributed by atoms with Crippen molar-refractivity contribution < 1.29 is 8.42 Å². The molecule has 4 nitrogen and oxygen atoms in total. The molecule has 0 fully saturated rings. The Balaban J connectivity index is 2.49. The third-order valence-corrected chi connectivity index (χ3v) is 6.53. The van der Waals surface area contributed by atoms with Crippen molar-refractivity contribution >= 4 is 10.0 Å². The summed E-state index contributed by atoms with van der Waals surface area (Å²) in [6.45, 7) is 11.6. The average Bonchev–Trinajstić information content (AvgIpc) is 2.51. The summed E-state index contributed by atoms with van der Waals surface area (Å²) in [5.74, 6) is 0. The zero-order valence-corrected chi connectivity index (χ0v) is 15.4. The summed E-state index contributed by atoms with van der Waals surface area (Å²) < 4.78 is 28.7. The number of hydrogen-bond donors (Lipinski definition) is 1. The van der Waals surface area contributed by atoms with Gasteiger partial charge in [-0.1, -0.05) is 6.07 Å². The number of pyridine rings is 1. The standard InChI is InChI=1S/C18H24N2O2S/c1-11-12(2)14(4)18(15(5)13(11)3)23(21,22)20-16(6)17-8-7-9-19-10-17/h7-10,16,20H,1-6H3. The van der Waals surface area contributed by atoms with Gasteiger partial charge in [0.25, 0.3) is 0 Å². The maximum absolute atomic E-state index is 12.9. The van der Waals surface area contributed by atoms with E-state index in [4.69, 9.17) is 0 Å². The van der Waals surface area contributed by atoms with Crippen LogP contribution in [0.4, 0.5) is 0 Å². The molecule has 1 heterocycles. The van der Waals surface area contributed by atoms with Gasteiger partial charge >= 0.3 is 0 Å². The minimum atomic E-state index is -3.61. The van der Waals surface area contributed by atoms with Crippen LogP contribution >= 0.6 is 0 Å². The van der Waals surface area contributed by atoms with E-state index in [1.807, 2.05) is 47.6 Å². The molecule has 0 aliphatic rings. The van der Waals surface area contributed by atoms with Crippen LogP contribution < -0.4 is 4.72 Å². The topological polar surface area (TPSA) is 59.1 Å². The van der Waals surface area contributed by atoms with E-state index in [0.717, 1.165) is 33.4 Å². The van der Waals surface area contributed by atoms with Gasteiger partial charge in [0.15, 0.2) is 0 Å². The summed E-state index contributed by atoms with van der Waals surface area (Å²) in [6.07, 6.45) is 3.35. The highest BCUT2D eigenvalue weighted by molar-refractivity contribution is 7.89. The Morgan fingerprint density at radius 3 is 1.96 bits per heavy atom. The molecule has 124 valence electrons. The molecule has 0 aliphatic carbocycles. The van der Waals surface area contributed by atoms with Crippen molar-refractivity contribution in [3.05, 3.63) is 57.9 Å². The molecular weight excluding hydrogens is 308 g/mol. The lowest BCUT2D eigenvalue weighted by Gasteiger charge is -2.21. The second-order valence-corrected chi connectivity index (χ2v) is 7.73. The largest absolute Gasteiger partial charge is 0.264 e. The van der Waals surface area contributed by atoms with Crippen molar-refractivity contribution in [3.8, 4) is 0 Å². The van der Waals surface area contributed by atoms with Gasteiger partial charge in [0.1, 0.15) is 0 Å². The first kappa shape index (κ1) is 17.6. The molecule has 1 aromatic carbocycles. The molecule has 1 unspecified atom stereocenters. The van der Waals surface area contributed by atoms with E-state index in [1.54, 1.807) is 18.5 Å². The van der Waals surface area contributed by atoms with Crippen LogP contribution in [0.25, 0.3) is 0 Å². The Hall–Kier alpha value is -1.72. The lowest BCUT2D eigenvalue weighted by atomic mass is 9.95. The summed E-state index contributed by atoms with van der Waals surface area (Å²) in [7, 11) is -3.61. The first-order chi connectivity index (χ1) is 10.7. The molecule has 2 rings (SSSR count). The second kappa shape index (κ2) is 6.42. The van der Waals surface area contributed by atoms with Gasteiger partial charge in [0, 0.05) is 18.4 Å². The zero-order valence-electron chi connectivity index (χ0n) is 14.6. The average molecular weight is 332 g/mol. The minimum Gasteiger partial charge on any atom is -0.264 e. The molecule has 1 N–H and O–H groups in total. The number of benzene rings is 1. The number of sulfonamides is 1. The van der Waals surface area contributed by atoms with Crippen molar-refractivity contribution in [1.82, 2.24) is 9.71 Å². The Morgan fingerprint density at radius 1 is 0.957 bits per heavy atom. The fraction of sp³-hybridized carbons (Fsp3) is 0.389. The summed E-state index contributed by atoms with van der Waals surface area (Å²) >= 11 is 0. The summed E-state index contributed by atoms with van der Waals surface area (Å²) in [6, 6.07) is 3.33. The van der Waals surface area contributed by atoms with Crippen LogP contribution in [0.5, 0.6) is 0 Å². The third-order valence-electron chi connectivity index (χ3n) is 4.72. The molecular formula is C18H24N2O2S. The van der Waals surface area contributed by atoms with E-state index in [2.05, 4.69) is 9.71 Å². The Morgan fingerprint density at radius 2 is 1.48 bits per heavy atom. The summed E-state index contributed by atoms with van der Waals surface area (Å²) in [5.41, 5.74) is 5.68. The van der Waals surface area contributed by atoms with E-state index < -0.39 is 10.0 Å². The monoisotopic (exact) mass is 332 g/mol. The van der Waals surface area contributed by atoms with Crippen LogP contribution in [0.3, 0.4) is 0 Å². The van der Waals surface area contributed by atoms with Gasteiger partial charge in [0.2, 0.25) is 10.0 Å². The smallest absolute Gasteiger partial charge is 0.241 e. The van der Waals surface area contributed by atoms with Gasteiger partial charge in [-0.3, -0.25) is 4.98 Å². The summed E-state index contributed by atoms with van der Waals surface area (Å²) in [5, 5.41) is 0. The SMILES string of the molecule is Cc1c(C)c(C)c(S(=O)(=O)NC(C)c2cccnc2)c(C)c1C. The van der Waals surface area contributed by atoms with Crippen LogP contribution in [0.1, 0.15) is 46.3 Å². The van der Waals surface area contributed by atoms with Crippen LogP contribution in [0, 0.1) is 34.6 Å². The number of hydrogen-bond acceptors (Lipinski definition) is 3. The Kier molecular flexibility index (Phi) is 4.92. The van der Waals surface area contributed by atoms with E-state index in [1.165, 1.54) is 0 Å². The highest BCUT2D eigenvalue weighted by Gasteiger charge is 2.25. The maximum atomic E-state index is 12.9. The predicted molar refractivity (Wildman–Crippen MR) is 93.1 cm³/mol. The number of rotatable bonds is 4. The summed E-state index contributed by atoms with van der Waals surface area (Å²) in [4.78, 5) is 4.45. The van der Waals surface area contributed by atoms with Crippen LogP contribution in [0.2, 0.25) is 0 Å². The van der Waals surface area contributed by atoms with Crippen molar-refractivity contribution in [3.63, 3.8) is 0 Å². The number of nitrogens with one attached hydrogen (secondary N) is 1. The van der Waals surface area contributed by atoms with E-state index >= 15 is 0 Å². The zero-order chi connectivity index (χ0) is 17.4. The Labute approximate surface area is 139 Å². The van der Waals surface area contributed by atoms with Crippen molar-refractivity contribution in [2.45, 2.75) is 52.5 Å². The molecule has 0 saturated heterocycles. The predicted octanol–water partition coefficient (Wildman–Crippen LogP) is 3.66. The lowest BCUT2D eigenvalue weighted by molar-refractivity contribution is 0.565. The fourth-order valence-corrected chi connectivity index (χ4v) is 4.69. The highest BCUT2D eigenvalue weighted by Crippen LogP contribution is 2.30. The van der Waals surface area contributed by atoms with Crippen LogP contribution in [-0.4, -0.2) is 13.4 Å². The third kappa shape index (κ3) is 3.31. The minimum absolute atomic E-state index is 0.339. The van der Waals surface area contributed by atoms with Gasteiger partial charge in [-0.05, 0) is 81.0 Å². The van der Waals surface area contributed by atoms with Crippen LogP contribution in [0.15, 0.2) is 29.4 Å². The van der Waals surface area contributed by atoms with Gasteiger partial charge in [-0.15, -0.1) is 0 Å². The maximum Gasteiger partial charge on any atom is 0.241 e. The molecule has 1 aromatic heterocycles. The van der Waals surface area contributed by atoms with E-state index in [9.17, 15) is 8.42 Å². The lowest BCUT2D eigenvalue weighted by Crippen LogP contribution is -2.28. The van der Waals surface area contributed by atoms with Crippen molar-refractivity contribution in [2.24, 2.45) is 0 Å². The molecule has 1 atom stereocenters. The highest BCUT2D eigenvalue weighted by atomic mass is 32.2. The molecule has 5 heteroatoms. The molecule has 0 spiro atoms. The molecule has 0 bridgehead atoms. The molecule has 0 amide bonds. The molecule has 0 saturated carbocycles. The normalized spacial score (nSPS) is 13.1. The first-order valence-corrected chi connectivity index (χ1v) is 9.14. The second-order valence-electron chi connectivity index (χ2n) is 6.08. The molecule has 0 aliphatic heterocycles. The van der Waals surface area contributed by atoms with Gasteiger partial charge in [-0.2, -0.15) is 0 Å². The fourth-order valence-electron chi connectivity index (χ4n) is 2.86. The van der Waals surface area contributed by atoms with E-state index in [0.29, 0.717) is 4.90 Å². The molecule has 2 aromatic rings. The first-order valence-electron chi connectivity index (χ1n) is 7.66. The molecule has 0 radical (unpaired) electrons. The van der Waals surface area contributed by atoms with Gasteiger partial charge in [0.05, 0.1) is 4.90 Å². The van der Waals surface area contributed by atoms with Crippen molar-refractivity contribution in [2.75, 3.05) is 0 Å². The van der Waals surface area contributed by atoms with Crippen LogP contribution in [-0.2, 0) is 10.0 Å².